The smallest absolute Gasteiger partial charge is 0.224 e. The lowest BCUT2D eigenvalue weighted by Crippen LogP contribution is -2.19. The van der Waals surface area contributed by atoms with Gasteiger partial charge in [0.25, 0.3) is 0 Å². The molecule has 1 amide bonds. The third kappa shape index (κ3) is 4.88. The molecule has 0 aliphatic heterocycles. The van der Waals surface area contributed by atoms with E-state index in [0.717, 1.165) is 11.3 Å². The van der Waals surface area contributed by atoms with E-state index in [1.54, 1.807) is 18.3 Å². The number of rotatable bonds is 4. The largest absolute Gasteiger partial charge is 0.439 e. The van der Waals surface area contributed by atoms with Gasteiger partial charge in [-0.3, -0.25) is 4.79 Å². The summed E-state index contributed by atoms with van der Waals surface area (Å²) in [7, 11) is 0. The van der Waals surface area contributed by atoms with Crippen molar-refractivity contribution in [2.75, 3.05) is 5.32 Å². The summed E-state index contributed by atoms with van der Waals surface area (Å²) in [6, 6.07) is 11.3. The fourth-order valence-corrected chi connectivity index (χ4v) is 1.99. The highest BCUT2D eigenvalue weighted by molar-refractivity contribution is 5.90. The van der Waals surface area contributed by atoms with Gasteiger partial charge >= 0.3 is 0 Å². The maximum absolute atomic E-state index is 11.9. The van der Waals surface area contributed by atoms with Crippen LogP contribution in [0.25, 0.3) is 0 Å². The molecule has 0 radical (unpaired) electrons. The van der Waals surface area contributed by atoms with Crippen molar-refractivity contribution in [2.24, 2.45) is 5.41 Å². The normalized spacial score (nSPS) is 11.1. The van der Waals surface area contributed by atoms with Crippen molar-refractivity contribution < 1.29 is 9.53 Å². The first-order valence-electron chi connectivity index (χ1n) is 7.33. The summed E-state index contributed by atoms with van der Waals surface area (Å²) in [4.78, 5) is 16.1. The van der Waals surface area contributed by atoms with Crippen LogP contribution in [-0.4, -0.2) is 10.9 Å². The van der Waals surface area contributed by atoms with Gasteiger partial charge in [-0.05, 0) is 30.0 Å². The van der Waals surface area contributed by atoms with Crippen molar-refractivity contribution in [1.82, 2.24) is 4.98 Å². The number of carbonyl (C=O) groups is 1. The van der Waals surface area contributed by atoms with Crippen LogP contribution in [0.5, 0.6) is 11.6 Å². The lowest BCUT2D eigenvalue weighted by atomic mass is 9.92. The van der Waals surface area contributed by atoms with Crippen molar-refractivity contribution in [1.29, 1.82) is 0 Å². The van der Waals surface area contributed by atoms with E-state index < -0.39 is 0 Å². The Labute approximate surface area is 131 Å². The van der Waals surface area contributed by atoms with Gasteiger partial charge in [0, 0.05) is 12.5 Å². The molecule has 1 N–H and O–H groups in total. The number of aromatic nitrogens is 1. The number of hydrogen-bond donors (Lipinski definition) is 1. The summed E-state index contributed by atoms with van der Waals surface area (Å²) in [5.74, 6) is 1.27. The predicted molar refractivity (Wildman–Crippen MR) is 88.2 cm³/mol. The van der Waals surface area contributed by atoms with Gasteiger partial charge in [0.15, 0.2) is 0 Å². The fourth-order valence-electron chi connectivity index (χ4n) is 1.99. The third-order valence-electron chi connectivity index (χ3n) is 3.02. The van der Waals surface area contributed by atoms with Crippen LogP contribution < -0.4 is 10.1 Å². The van der Waals surface area contributed by atoms with Crippen LogP contribution >= 0.6 is 0 Å². The number of nitrogens with zero attached hydrogens (tertiary/aromatic N) is 1. The summed E-state index contributed by atoms with van der Waals surface area (Å²) >= 11 is 0. The Morgan fingerprint density at radius 3 is 2.50 bits per heavy atom. The predicted octanol–water partition coefficient (Wildman–Crippen LogP) is 4.56. The monoisotopic (exact) mass is 298 g/mol. The molecule has 4 heteroatoms. The van der Waals surface area contributed by atoms with E-state index in [1.165, 1.54) is 0 Å². The summed E-state index contributed by atoms with van der Waals surface area (Å²) in [6.07, 6.45) is 2.07. The van der Waals surface area contributed by atoms with Crippen LogP contribution in [0, 0.1) is 12.3 Å². The molecule has 0 fully saturated rings. The van der Waals surface area contributed by atoms with Crippen molar-refractivity contribution in [3.05, 3.63) is 48.2 Å². The summed E-state index contributed by atoms with van der Waals surface area (Å²) in [6.45, 7) is 8.08. The Morgan fingerprint density at radius 1 is 1.18 bits per heavy atom. The SMILES string of the molecule is Cc1ccccc1Oc1ccc(NC(=O)CC(C)(C)C)cn1. The summed E-state index contributed by atoms with van der Waals surface area (Å²) < 4.78 is 5.73. The van der Waals surface area contributed by atoms with E-state index in [9.17, 15) is 4.79 Å². The second kappa shape index (κ2) is 6.60. The Morgan fingerprint density at radius 2 is 1.91 bits per heavy atom. The molecule has 0 bridgehead atoms. The molecule has 22 heavy (non-hydrogen) atoms. The second-order valence-corrected chi connectivity index (χ2v) is 6.54. The first kappa shape index (κ1) is 16.0. The molecule has 0 aliphatic rings. The molecule has 0 aliphatic carbocycles. The zero-order chi connectivity index (χ0) is 16.2. The molecule has 116 valence electrons. The van der Waals surface area contributed by atoms with Gasteiger partial charge in [-0.25, -0.2) is 4.98 Å². The Hall–Kier alpha value is -2.36. The molecule has 2 rings (SSSR count). The van der Waals surface area contributed by atoms with E-state index in [2.05, 4.69) is 10.3 Å². The maximum Gasteiger partial charge on any atom is 0.224 e. The number of carbonyl (C=O) groups excluding carboxylic acids is 1. The van der Waals surface area contributed by atoms with E-state index in [-0.39, 0.29) is 11.3 Å². The minimum atomic E-state index is -0.0363. The van der Waals surface area contributed by atoms with Gasteiger partial charge in [0.05, 0.1) is 11.9 Å². The van der Waals surface area contributed by atoms with Gasteiger partial charge in [-0.1, -0.05) is 39.0 Å². The first-order valence-corrected chi connectivity index (χ1v) is 7.33. The first-order chi connectivity index (χ1) is 10.3. The minimum Gasteiger partial charge on any atom is -0.439 e. The summed E-state index contributed by atoms with van der Waals surface area (Å²) in [5.41, 5.74) is 1.68. The van der Waals surface area contributed by atoms with Crippen LogP contribution in [0.1, 0.15) is 32.8 Å². The van der Waals surface area contributed by atoms with Gasteiger partial charge < -0.3 is 10.1 Å². The topological polar surface area (TPSA) is 51.2 Å². The van der Waals surface area contributed by atoms with Crippen molar-refractivity contribution >= 4 is 11.6 Å². The van der Waals surface area contributed by atoms with Crippen molar-refractivity contribution in [3.63, 3.8) is 0 Å². The molecular weight excluding hydrogens is 276 g/mol. The maximum atomic E-state index is 11.9. The van der Waals surface area contributed by atoms with E-state index >= 15 is 0 Å². The number of hydrogen-bond acceptors (Lipinski definition) is 3. The van der Waals surface area contributed by atoms with Gasteiger partial charge in [0.2, 0.25) is 11.8 Å². The molecule has 1 aromatic carbocycles. The molecule has 1 aromatic heterocycles. The number of pyridine rings is 1. The highest BCUT2D eigenvalue weighted by atomic mass is 16.5. The molecular formula is C18H22N2O2. The zero-order valence-corrected chi connectivity index (χ0v) is 13.5. The van der Waals surface area contributed by atoms with Gasteiger partial charge in [-0.15, -0.1) is 0 Å². The van der Waals surface area contributed by atoms with E-state index in [1.807, 2.05) is 52.0 Å². The number of benzene rings is 1. The van der Waals surface area contributed by atoms with E-state index in [4.69, 9.17) is 4.74 Å². The van der Waals surface area contributed by atoms with Crippen LogP contribution in [0.3, 0.4) is 0 Å². The lowest BCUT2D eigenvalue weighted by molar-refractivity contribution is -0.117. The molecule has 4 nitrogen and oxygen atoms in total. The van der Waals surface area contributed by atoms with Crippen molar-refractivity contribution in [3.8, 4) is 11.6 Å². The van der Waals surface area contributed by atoms with Crippen LogP contribution in [-0.2, 0) is 4.79 Å². The molecule has 1 heterocycles. The van der Waals surface area contributed by atoms with Gasteiger partial charge in [0.1, 0.15) is 5.75 Å². The minimum absolute atomic E-state index is 0.0122. The lowest BCUT2D eigenvalue weighted by Gasteiger charge is -2.17. The van der Waals surface area contributed by atoms with Crippen molar-refractivity contribution in [2.45, 2.75) is 34.1 Å². The number of amides is 1. The van der Waals surface area contributed by atoms with Gasteiger partial charge in [-0.2, -0.15) is 0 Å². The number of ether oxygens (including phenoxy) is 1. The summed E-state index contributed by atoms with van der Waals surface area (Å²) in [5, 5.41) is 2.84. The van der Waals surface area contributed by atoms with Crippen LogP contribution in [0.2, 0.25) is 0 Å². The van der Waals surface area contributed by atoms with Crippen LogP contribution in [0.4, 0.5) is 5.69 Å². The number of aryl methyl sites for hydroxylation is 1. The fraction of sp³-hybridized carbons (Fsp3) is 0.333. The highest BCUT2D eigenvalue weighted by Gasteiger charge is 2.16. The average molecular weight is 298 g/mol. The van der Waals surface area contributed by atoms with E-state index in [0.29, 0.717) is 18.0 Å². The number of nitrogens with one attached hydrogen (secondary N) is 1. The molecule has 0 saturated heterocycles. The average Bonchev–Trinajstić information content (AvgIpc) is 2.41. The Balaban J connectivity index is 1.99. The van der Waals surface area contributed by atoms with Crippen LogP contribution in [0.15, 0.2) is 42.6 Å². The number of anilines is 1. The molecule has 2 aromatic rings. The molecule has 0 unspecified atom stereocenters. The highest BCUT2D eigenvalue weighted by Crippen LogP contribution is 2.24. The Bertz CT molecular complexity index is 643. The quantitative estimate of drug-likeness (QED) is 0.900. The molecule has 0 spiro atoms. The zero-order valence-electron chi connectivity index (χ0n) is 13.5. The molecule has 0 saturated carbocycles. The third-order valence-corrected chi connectivity index (χ3v) is 3.02. The Kier molecular flexibility index (Phi) is 4.81. The molecule has 0 atom stereocenters. The standard InChI is InChI=1S/C18H22N2O2/c1-13-7-5-6-8-15(13)22-17-10-9-14(12-19-17)20-16(21)11-18(2,3)4/h5-10,12H,11H2,1-4H3,(H,20,21). The number of para-hydroxylation sites is 1. The second-order valence-electron chi connectivity index (χ2n) is 6.54.